The fourth-order valence-corrected chi connectivity index (χ4v) is 4.13. The van der Waals surface area contributed by atoms with E-state index in [1.807, 2.05) is 13.0 Å². The van der Waals surface area contributed by atoms with Gasteiger partial charge in [0.1, 0.15) is 0 Å². The lowest BCUT2D eigenvalue weighted by Gasteiger charge is -2.15. The number of aryl methyl sites for hydroxylation is 1. The van der Waals surface area contributed by atoms with Crippen molar-refractivity contribution < 1.29 is 0 Å². The maximum atomic E-state index is 6.40. The summed E-state index contributed by atoms with van der Waals surface area (Å²) in [5.41, 5.74) is 2.22. The van der Waals surface area contributed by atoms with Gasteiger partial charge >= 0.3 is 0 Å². The minimum absolute atomic E-state index is 0.281. The van der Waals surface area contributed by atoms with E-state index in [1.54, 1.807) is 23.1 Å². The molecule has 1 unspecified atom stereocenters. The molecular weight excluding hydrogens is 308 g/mol. The van der Waals surface area contributed by atoms with Crippen LogP contribution >= 0.6 is 34.7 Å². The summed E-state index contributed by atoms with van der Waals surface area (Å²) < 4.78 is 1.06. The third-order valence-corrected chi connectivity index (χ3v) is 5.32. The standard InChI is InChI=1S/C15H19ClN2S2/c1-4-7-17-11(3)13-6-5-12(8-14(13)16)20-15-18-10(2)9-19-15/h5-6,8-9,11,17H,4,7H2,1-3H3. The number of rotatable bonds is 6. The molecule has 0 aliphatic rings. The summed E-state index contributed by atoms with van der Waals surface area (Å²) in [7, 11) is 0. The van der Waals surface area contributed by atoms with Crippen LogP contribution in [0, 0.1) is 6.92 Å². The van der Waals surface area contributed by atoms with Crippen LogP contribution in [0.2, 0.25) is 5.02 Å². The van der Waals surface area contributed by atoms with Crippen LogP contribution in [-0.4, -0.2) is 11.5 Å². The van der Waals surface area contributed by atoms with Crippen molar-refractivity contribution in [2.45, 2.75) is 42.5 Å². The van der Waals surface area contributed by atoms with Gasteiger partial charge in [-0.05, 0) is 44.5 Å². The molecule has 0 aliphatic heterocycles. The summed E-state index contributed by atoms with van der Waals surface area (Å²) in [5, 5.41) is 6.34. The second-order valence-electron chi connectivity index (χ2n) is 4.72. The molecule has 1 N–H and O–H groups in total. The van der Waals surface area contributed by atoms with Gasteiger partial charge < -0.3 is 5.32 Å². The number of benzene rings is 1. The third-order valence-electron chi connectivity index (χ3n) is 2.94. The van der Waals surface area contributed by atoms with Gasteiger partial charge in [0.15, 0.2) is 4.34 Å². The van der Waals surface area contributed by atoms with Gasteiger partial charge in [0.25, 0.3) is 0 Å². The Hall–Kier alpha value is -0.550. The molecule has 0 radical (unpaired) electrons. The molecule has 2 aromatic rings. The summed E-state index contributed by atoms with van der Waals surface area (Å²) in [6, 6.07) is 6.54. The van der Waals surface area contributed by atoms with Crippen LogP contribution < -0.4 is 5.32 Å². The monoisotopic (exact) mass is 326 g/mol. The average molecular weight is 327 g/mol. The highest BCUT2D eigenvalue weighted by Crippen LogP contribution is 2.34. The van der Waals surface area contributed by atoms with Gasteiger partial charge in [-0.15, -0.1) is 11.3 Å². The predicted molar refractivity (Wildman–Crippen MR) is 89.1 cm³/mol. The molecule has 1 atom stereocenters. The van der Waals surface area contributed by atoms with Crippen LogP contribution in [0.3, 0.4) is 0 Å². The Morgan fingerprint density at radius 3 is 2.85 bits per heavy atom. The molecule has 108 valence electrons. The fraction of sp³-hybridized carbons (Fsp3) is 0.400. The molecule has 1 heterocycles. The zero-order valence-electron chi connectivity index (χ0n) is 11.9. The van der Waals surface area contributed by atoms with Crippen molar-refractivity contribution in [3.8, 4) is 0 Å². The SMILES string of the molecule is CCCNC(C)c1ccc(Sc2nc(C)cs2)cc1Cl. The quantitative estimate of drug-likeness (QED) is 0.778. The van der Waals surface area contributed by atoms with Crippen molar-refractivity contribution in [2.75, 3.05) is 6.54 Å². The van der Waals surface area contributed by atoms with E-state index in [9.17, 15) is 0 Å². The summed E-state index contributed by atoms with van der Waals surface area (Å²) in [4.78, 5) is 5.59. The van der Waals surface area contributed by atoms with Crippen LogP contribution in [0.15, 0.2) is 32.8 Å². The second-order valence-corrected chi connectivity index (χ2v) is 7.30. The smallest absolute Gasteiger partial charge is 0.154 e. The largest absolute Gasteiger partial charge is 0.310 e. The lowest BCUT2D eigenvalue weighted by molar-refractivity contribution is 0.570. The first kappa shape index (κ1) is 15.8. The maximum absolute atomic E-state index is 6.40. The minimum atomic E-state index is 0.281. The van der Waals surface area contributed by atoms with Crippen molar-refractivity contribution >= 4 is 34.7 Å². The topological polar surface area (TPSA) is 24.9 Å². The van der Waals surface area contributed by atoms with E-state index in [-0.39, 0.29) is 6.04 Å². The molecule has 5 heteroatoms. The van der Waals surface area contributed by atoms with E-state index in [4.69, 9.17) is 11.6 Å². The van der Waals surface area contributed by atoms with E-state index >= 15 is 0 Å². The molecule has 2 rings (SSSR count). The van der Waals surface area contributed by atoms with Gasteiger partial charge in [-0.1, -0.05) is 36.4 Å². The Morgan fingerprint density at radius 1 is 1.45 bits per heavy atom. The van der Waals surface area contributed by atoms with Crippen LogP contribution in [0.4, 0.5) is 0 Å². The van der Waals surface area contributed by atoms with Crippen LogP contribution in [0.1, 0.15) is 37.6 Å². The molecule has 0 bridgehead atoms. The summed E-state index contributed by atoms with van der Waals surface area (Å²) >= 11 is 9.74. The van der Waals surface area contributed by atoms with Crippen molar-refractivity contribution in [2.24, 2.45) is 0 Å². The number of halogens is 1. The molecular formula is C15H19ClN2S2. The normalized spacial score (nSPS) is 12.6. The minimum Gasteiger partial charge on any atom is -0.310 e. The highest BCUT2D eigenvalue weighted by molar-refractivity contribution is 8.01. The highest BCUT2D eigenvalue weighted by atomic mass is 35.5. The zero-order chi connectivity index (χ0) is 14.5. The summed E-state index contributed by atoms with van der Waals surface area (Å²) in [6.45, 7) is 7.33. The van der Waals surface area contributed by atoms with E-state index in [1.165, 1.54) is 0 Å². The average Bonchev–Trinajstić information content (AvgIpc) is 2.81. The number of aromatic nitrogens is 1. The van der Waals surface area contributed by atoms with Crippen molar-refractivity contribution in [1.29, 1.82) is 0 Å². The molecule has 0 spiro atoms. The Morgan fingerprint density at radius 2 is 2.25 bits per heavy atom. The summed E-state index contributed by atoms with van der Waals surface area (Å²) in [5.74, 6) is 0. The number of hydrogen-bond acceptors (Lipinski definition) is 4. The van der Waals surface area contributed by atoms with E-state index in [0.29, 0.717) is 0 Å². The lowest BCUT2D eigenvalue weighted by atomic mass is 10.1. The third kappa shape index (κ3) is 4.22. The first-order chi connectivity index (χ1) is 9.60. The Kier molecular flexibility index (Phi) is 5.90. The van der Waals surface area contributed by atoms with Crippen molar-refractivity contribution in [3.63, 3.8) is 0 Å². The number of hydrogen-bond donors (Lipinski definition) is 1. The van der Waals surface area contributed by atoms with Gasteiger partial charge in [-0.3, -0.25) is 0 Å². The molecule has 0 amide bonds. The van der Waals surface area contributed by atoms with Gasteiger partial charge in [0.05, 0.1) is 0 Å². The molecule has 0 saturated carbocycles. The Labute approximate surface area is 134 Å². The lowest BCUT2D eigenvalue weighted by Crippen LogP contribution is -2.19. The second kappa shape index (κ2) is 7.46. The first-order valence-electron chi connectivity index (χ1n) is 6.73. The zero-order valence-corrected chi connectivity index (χ0v) is 14.3. The predicted octanol–water partition coefficient (Wildman–Crippen LogP) is 5.32. The highest BCUT2D eigenvalue weighted by Gasteiger charge is 2.10. The van der Waals surface area contributed by atoms with Crippen LogP contribution in [-0.2, 0) is 0 Å². The van der Waals surface area contributed by atoms with E-state index < -0.39 is 0 Å². The van der Waals surface area contributed by atoms with Crippen LogP contribution in [0.25, 0.3) is 0 Å². The fourth-order valence-electron chi connectivity index (χ4n) is 1.87. The number of nitrogens with zero attached hydrogens (tertiary/aromatic N) is 1. The van der Waals surface area contributed by atoms with E-state index in [0.717, 1.165) is 38.5 Å². The molecule has 1 aromatic heterocycles. The Balaban J connectivity index is 2.09. The van der Waals surface area contributed by atoms with Gasteiger partial charge in [-0.2, -0.15) is 0 Å². The molecule has 0 fully saturated rings. The number of thiazole rings is 1. The molecule has 1 aromatic carbocycles. The van der Waals surface area contributed by atoms with E-state index in [2.05, 4.69) is 41.7 Å². The van der Waals surface area contributed by atoms with Gasteiger partial charge in [0.2, 0.25) is 0 Å². The molecule has 0 saturated heterocycles. The Bertz CT molecular complexity index is 569. The van der Waals surface area contributed by atoms with Crippen molar-refractivity contribution in [1.82, 2.24) is 10.3 Å². The van der Waals surface area contributed by atoms with Crippen molar-refractivity contribution in [3.05, 3.63) is 39.9 Å². The van der Waals surface area contributed by atoms with Gasteiger partial charge in [0, 0.05) is 27.0 Å². The first-order valence-corrected chi connectivity index (χ1v) is 8.80. The molecule has 20 heavy (non-hydrogen) atoms. The number of nitrogens with one attached hydrogen (secondary N) is 1. The summed E-state index contributed by atoms with van der Waals surface area (Å²) in [6.07, 6.45) is 1.12. The molecule has 0 aliphatic carbocycles. The van der Waals surface area contributed by atoms with Crippen LogP contribution in [0.5, 0.6) is 0 Å². The van der Waals surface area contributed by atoms with Gasteiger partial charge in [-0.25, -0.2) is 4.98 Å². The molecule has 2 nitrogen and oxygen atoms in total. The maximum Gasteiger partial charge on any atom is 0.154 e.